The maximum atomic E-state index is 12.5. The lowest BCUT2D eigenvalue weighted by Gasteiger charge is -2.20. The Hall–Kier alpha value is -1.18. The van der Waals surface area contributed by atoms with E-state index in [1.165, 1.54) is 8.71 Å². The molecule has 0 saturated carbocycles. The number of fused-ring (bicyclic) bond motifs is 1. The molecule has 0 fully saturated rings. The number of hydrogen-bond donors (Lipinski definition) is 0. The Kier molecular flexibility index (Phi) is 3.80. The van der Waals surface area contributed by atoms with E-state index < -0.39 is 10.0 Å². The van der Waals surface area contributed by atoms with Crippen molar-refractivity contribution in [2.45, 2.75) is 25.7 Å². The fraction of sp³-hybridized carbons (Fsp3) is 0.455. The van der Waals surface area contributed by atoms with E-state index in [2.05, 4.69) is 10.2 Å². The van der Waals surface area contributed by atoms with Crippen molar-refractivity contribution in [2.75, 3.05) is 13.1 Å². The summed E-state index contributed by atoms with van der Waals surface area (Å²) in [5.74, 6) is 0. The number of aromatic nitrogens is 3. The average molecular weight is 303 g/mol. The van der Waals surface area contributed by atoms with Gasteiger partial charge in [-0.1, -0.05) is 13.8 Å². The Bertz CT molecular complexity index is 707. The molecule has 0 amide bonds. The van der Waals surface area contributed by atoms with Crippen molar-refractivity contribution in [3.8, 4) is 0 Å². The molecule has 6 nitrogen and oxygen atoms in total. The molecule has 0 atom stereocenters. The van der Waals surface area contributed by atoms with Gasteiger partial charge in [0.05, 0.1) is 0 Å². The fourth-order valence-electron chi connectivity index (χ4n) is 2.05. The minimum atomic E-state index is -3.52. The van der Waals surface area contributed by atoms with Crippen LogP contribution in [0.5, 0.6) is 0 Å². The zero-order valence-corrected chi connectivity index (χ0v) is 12.5. The average Bonchev–Trinajstić information content (AvgIpc) is 2.73. The second kappa shape index (κ2) is 5.07. The summed E-state index contributed by atoms with van der Waals surface area (Å²) in [4.78, 5) is 0.227. The van der Waals surface area contributed by atoms with E-state index in [1.54, 1.807) is 32.9 Å². The fourth-order valence-corrected chi connectivity index (χ4v) is 3.96. The summed E-state index contributed by atoms with van der Waals surface area (Å²) in [7, 11) is -3.52. The third-order valence-electron chi connectivity index (χ3n) is 3.05. The molecule has 2 aromatic rings. The van der Waals surface area contributed by atoms with Gasteiger partial charge in [-0.3, -0.25) is 4.40 Å². The minimum Gasteiger partial charge on any atom is -0.269 e. The van der Waals surface area contributed by atoms with Gasteiger partial charge in [0.15, 0.2) is 5.65 Å². The number of aryl methyl sites for hydroxylation is 1. The van der Waals surface area contributed by atoms with Crippen LogP contribution >= 0.6 is 11.6 Å². The van der Waals surface area contributed by atoms with Gasteiger partial charge in [-0.05, 0) is 30.7 Å². The Labute approximate surface area is 117 Å². The molecule has 0 N–H and O–H groups in total. The molecule has 0 aromatic carbocycles. The highest BCUT2D eigenvalue weighted by molar-refractivity contribution is 7.89. The lowest BCUT2D eigenvalue weighted by atomic mass is 10.4. The summed E-state index contributed by atoms with van der Waals surface area (Å²) in [6.07, 6.45) is 0. The number of rotatable bonds is 4. The second-order valence-corrected chi connectivity index (χ2v) is 6.28. The minimum absolute atomic E-state index is 0.157. The van der Waals surface area contributed by atoms with Crippen molar-refractivity contribution < 1.29 is 8.42 Å². The summed E-state index contributed by atoms with van der Waals surface area (Å²) in [6, 6.07) is 3.14. The monoisotopic (exact) mass is 302 g/mol. The maximum Gasteiger partial charge on any atom is 0.244 e. The molecule has 2 aromatic heterocycles. The molecule has 8 heteroatoms. The normalized spacial score (nSPS) is 12.5. The standard InChI is InChI=1S/C11H15ClN4O2S/c1-4-15(5-2)19(17,18)9-6-7-10-13-14-11(12)16(10)8(9)3/h6-7H,4-5H2,1-3H3. The van der Waals surface area contributed by atoms with E-state index in [0.717, 1.165) is 0 Å². The van der Waals surface area contributed by atoms with E-state index in [0.29, 0.717) is 24.4 Å². The first-order valence-corrected chi connectivity index (χ1v) is 7.75. The molecule has 2 heterocycles. The third kappa shape index (κ3) is 2.22. The maximum absolute atomic E-state index is 12.5. The molecule has 2 rings (SSSR count). The highest BCUT2D eigenvalue weighted by Crippen LogP contribution is 2.22. The van der Waals surface area contributed by atoms with Crippen molar-refractivity contribution in [3.63, 3.8) is 0 Å². The molecule has 0 bridgehead atoms. The Morgan fingerprint density at radius 3 is 2.47 bits per heavy atom. The molecule has 19 heavy (non-hydrogen) atoms. The Morgan fingerprint density at radius 2 is 1.89 bits per heavy atom. The highest BCUT2D eigenvalue weighted by Gasteiger charge is 2.25. The number of halogens is 1. The van der Waals surface area contributed by atoms with E-state index in [4.69, 9.17) is 11.6 Å². The third-order valence-corrected chi connectivity index (χ3v) is 5.48. The molecule has 0 aliphatic heterocycles. The molecule has 104 valence electrons. The van der Waals surface area contributed by atoms with Gasteiger partial charge in [0.1, 0.15) is 4.90 Å². The number of pyridine rings is 1. The van der Waals surface area contributed by atoms with Crippen LogP contribution in [0.3, 0.4) is 0 Å². The molecular formula is C11H15ClN4O2S. The molecular weight excluding hydrogens is 288 g/mol. The molecule has 0 aliphatic rings. The lowest BCUT2D eigenvalue weighted by Crippen LogP contribution is -2.31. The number of sulfonamides is 1. The smallest absolute Gasteiger partial charge is 0.244 e. The number of nitrogens with zero attached hydrogens (tertiary/aromatic N) is 4. The van der Waals surface area contributed by atoms with Crippen molar-refractivity contribution >= 4 is 27.3 Å². The van der Waals surface area contributed by atoms with Crippen LogP contribution in [-0.2, 0) is 10.0 Å². The van der Waals surface area contributed by atoms with Gasteiger partial charge in [0, 0.05) is 18.8 Å². The zero-order chi connectivity index (χ0) is 14.2. The Balaban J connectivity index is 2.70. The Morgan fingerprint density at radius 1 is 1.26 bits per heavy atom. The zero-order valence-electron chi connectivity index (χ0n) is 11.0. The molecule has 0 radical (unpaired) electrons. The van der Waals surface area contributed by atoms with Crippen LogP contribution in [0.15, 0.2) is 17.0 Å². The van der Waals surface area contributed by atoms with Crippen LogP contribution in [0.4, 0.5) is 0 Å². The SMILES string of the molecule is CCN(CC)S(=O)(=O)c1ccc2nnc(Cl)n2c1C. The summed E-state index contributed by atoms with van der Waals surface area (Å²) >= 11 is 5.93. The summed E-state index contributed by atoms with van der Waals surface area (Å²) < 4.78 is 28.0. The van der Waals surface area contributed by atoms with Gasteiger partial charge in [0.25, 0.3) is 0 Å². The van der Waals surface area contributed by atoms with E-state index in [-0.39, 0.29) is 10.2 Å². The van der Waals surface area contributed by atoms with Crippen molar-refractivity contribution in [2.24, 2.45) is 0 Å². The van der Waals surface area contributed by atoms with Gasteiger partial charge >= 0.3 is 0 Å². The van der Waals surface area contributed by atoms with Gasteiger partial charge in [-0.25, -0.2) is 8.42 Å². The van der Waals surface area contributed by atoms with E-state index in [9.17, 15) is 8.42 Å². The van der Waals surface area contributed by atoms with Gasteiger partial charge in [-0.2, -0.15) is 4.31 Å². The van der Waals surface area contributed by atoms with E-state index in [1.807, 2.05) is 0 Å². The topological polar surface area (TPSA) is 67.6 Å². The predicted octanol–water partition coefficient (Wildman–Crippen LogP) is 1.72. The molecule has 0 spiro atoms. The first kappa shape index (κ1) is 14.2. The van der Waals surface area contributed by atoms with Crippen molar-refractivity contribution in [1.82, 2.24) is 18.9 Å². The van der Waals surface area contributed by atoms with E-state index >= 15 is 0 Å². The molecule has 0 saturated heterocycles. The molecule has 0 unspecified atom stereocenters. The first-order valence-electron chi connectivity index (χ1n) is 5.93. The van der Waals surface area contributed by atoms with Gasteiger partial charge < -0.3 is 0 Å². The number of hydrogen-bond acceptors (Lipinski definition) is 4. The van der Waals surface area contributed by atoms with Crippen LogP contribution in [0.1, 0.15) is 19.5 Å². The second-order valence-electron chi connectivity index (χ2n) is 4.03. The van der Waals surface area contributed by atoms with Crippen LogP contribution in [0, 0.1) is 6.92 Å². The highest BCUT2D eigenvalue weighted by atomic mass is 35.5. The van der Waals surface area contributed by atoms with Crippen molar-refractivity contribution in [3.05, 3.63) is 23.1 Å². The lowest BCUT2D eigenvalue weighted by molar-refractivity contribution is 0.444. The predicted molar refractivity (Wildman–Crippen MR) is 72.8 cm³/mol. The van der Waals surface area contributed by atoms with Gasteiger partial charge in [0.2, 0.25) is 15.3 Å². The first-order chi connectivity index (χ1) is 8.93. The summed E-state index contributed by atoms with van der Waals surface area (Å²) in [5.41, 5.74) is 1.04. The largest absolute Gasteiger partial charge is 0.269 e. The van der Waals surface area contributed by atoms with Gasteiger partial charge in [-0.15, -0.1) is 10.2 Å². The molecule has 0 aliphatic carbocycles. The van der Waals surface area contributed by atoms with Crippen molar-refractivity contribution in [1.29, 1.82) is 0 Å². The van der Waals surface area contributed by atoms with Crippen LogP contribution in [0.2, 0.25) is 5.28 Å². The van der Waals surface area contributed by atoms with Crippen LogP contribution < -0.4 is 0 Å². The summed E-state index contributed by atoms with van der Waals surface area (Å²) in [6.45, 7) is 6.15. The van der Waals surface area contributed by atoms with Crippen LogP contribution in [0.25, 0.3) is 5.65 Å². The summed E-state index contributed by atoms with van der Waals surface area (Å²) in [5, 5.41) is 7.75. The quantitative estimate of drug-likeness (QED) is 0.862. The van der Waals surface area contributed by atoms with Crippen LogP contribution in [-0.4, -0.2) is 40.4 Å².